The summed E-state index contributed by atoms with van der Waals surface area (Å²) in [6.07, 6.45) is 10.8. The predicted molar refractivity (Wildman–Crippen MR) is 133 cm³/mol. The molecule has 0 radical (unpaired) electrons. The Balaban J connectivity index is 1.28. The molecule has 5 heteroatoms. The number of carbonyl (C=O) groups excluding carboxylic acids is 1. The van der Waals surface area contributed by atoms with Crippen LogP contribution in [0.5, 0.6) is 0 Å². The van der Waals surface area contributed by atoms with E-state index in [1.165, 1.54) is 18.9 Å². The monoisotopic (exact) mass is 486 g/mol. The largest absolute Gasteiger partial charge is 0.462 e. The molecule has 1 N–H and O–H groups in total. The van der Waals surface area contributed by atoms with Crippen LogP contribution in [0.25, 0.3) is 0 Å². The molecule has 6 rings (SSSR count). The second-order valence-electron chi connectivity index (χ2n) is 14.4. The molecule has 0 aromatic carbocycles. The van der Waals surface area contributed by atoms with Crippen LogP contribution in [0.3, 0.4) is 0 Å². The van der Waals surface area contributed by atoms with Crippen LogP contribution in [-0.2, 0) is 19.0 Å². The maximum absolute atomic E-state index is 12.2. The Morgan fingerprint density at radius 1 is 1.11 bits per heavy atom. The van der Waals surface area contributed by atoms with Crippen molar-refractivity contribution in [3.63, 3.8) is 0 Å². The molecule has 2 heterocycles. The van der Waals surface area contributed by atoms with Crippen molar-refractivity contribution in [3.05, 3.63) is 11.6 Å². The quantitative estimate of drug-likeness (QED) is 0.375. The van der Waals surface area contributed by atoms with Crippen LogP contribution >= 0.6 is 0 Å². The number of esters is 1. The fourth-order valence-corrected chi connectivity index (χ4v) is 10.3. The maximum atomic E-state index is 12.2. The van der Waals surface area contributed by atoms with Gasteiger partial charge in [0.25, 0.3) is 0 Å². The van der Waals surface area contributed by atoms with Gasteiger partial charge in [0, 0.05) is 25.7 Å². The number of fused-ring (bicyclic) bond motifs is 7. The summed E-state index contributed by atoms with van der Waals surface area (Å²) in [5.74, 6) is 1.28. The van der Waals surface area contributed by atoms with Gasteiger partial charge in [0.05, 0.1) is 11.7 Å². The normalized spacial score (nSPS) is 56.1. The highest BCUT2D eigenvalue weighted by Gasteiger charge is 2.76. The van der Waals surface area contributed by atoms with E-state index < -0.39 is 11.4 Å². The lowest BCUT2D eigenvalue weighted by atomic mass is 9.46. The molecule has 2 aliphatic heterocycles. The van der Waals surface area contributed by atoms with Crippen LogP contribution in [0, 0.1) is 40.4 Å². The topological polar surface area (TPSA) is 65.0 Å². The molecule has 0 aromatic heterocycles. The SMILES string of the molecule is CC(=O)OC1CCC2(C)C(=CCC3C2CCC2(C)C3CC3OC4(CC(C)C(C)(C)O4)C(C)(O)C32)C1. The number of rotatable bonds is 1. The van der Waals surface area contributed by atoms with Crippen molar-refractivity contribution < 1.29 is 24.1 Å². The first-order valence-corrected chi connectivity index (χ1v) is 14.2. The Hall–Kier alpha value is -0.910. The molecular formula is C30H46O5. The average Bonchev–Trinajstić information content (AvgIpc) is 3.25. The predicted octanol–water partition coefficient (Wildman–Crippen LogP) is 5.79. The molecule has 196 valence electrons. The standard InChI is InChI=1S/C30H46O5/c1-17-16-30(35-26(17,3)4)29(7,32)25-24(34-30)15-23-21-9-8-19-14-20(33-18(2)31)10-12-27(19,5)22(21)11-13-28(23,25)6/h8,17,20-25,32H,9-16H2,1-7H3. The third-order valence-electron chi connectivity index (χ3n) is 12.3. The van der Waals surface area contributed by atoms with E-state index in [0.717, 1.165) is 44.9 Å². The van der Waals surface area contributed by atoms with E-state index in [9.17, 15) is 9.90 Å². The number of allylic oxidation sites excluding steroid dienone is 1. The highest BCUT2D eigenvalue weighted by molar-refractivity contribution is 5.66. The van der Waals surface area contributed by atoms with Gasteiger partial charge >= 0.3 is 5.97 Å². The van der Waals surface area contributed by atoms with Crippen LogP contribution < -0.4 is 0 Å². The fourth-order valence-electron chi connectivity index (χ4n) is 10.3. The van der Waals surface area contributed by atoms with Crippen molar-refractivity contribution in [3.8, 4) is 0 Å². The number of ether oxygens (including phenoxy) is 3. The van der Waals surface area contributed by atoms with Crippen LogP contribution in [0.1, 0.15) is 99.8 Å². The van der Waals surface area contributed by atoms with E-state index in [4.69, 9.17) is 14.2 Å². The minimum atomic E-state index is -0.988. The first-order chi connectivity index (χ1) is 16.2. The summed E-state index contributed by atoms with van der Waals surface area (Å²) < 4.78 is 19.0. The van der Waals surface area contributed by atoms with Crippen molar-refractivity contribution >= 4 is 5.97 Å². The van der Waals surface area contributed by atoms with Crippen molar-refractivity contribution in [1.82, 2.24) is 0 Å². The molecule has 5 nitrogen and oxygen atoms in total. The molecule has 11 unspecified atom stereocenters. The van der Waals surface area contributed by atoms with Gasteiger partial charge in [-0.1, -0.05) is 32.4 Å². The number of hydrogen-bond acceptors (Lipinski definition) is 5. The lowest BCUT2D eigenvalue weighted by Crippen LogP contribution is -2.58. The summed E-state index contributed by atoms with van der Waals surface area (Å²) in [5.41, 5.74) is 0.518. The van der Waals surface area contributed by atoms with Crippen molar-refractivity contribution in [2.45, 2.75) is 129 Å². The summed E-state index contributed by atoms with van der Waals surface area (Å²) in [6, 6.07) is 0. The minimum Gasteiger partial charge on any atom is -0.462 e. The van der Waals surface area contributed by atoms with Gasteiger partial charge < -0.3 is 19.3 Å². The second-order valence-corrected chi connectivity index (χ2v) is 14.4. The van der Waals surface area contributed by atoms with Gasteiger partial charge in [-0.25, -0.2) is 0 Å². The van der Waals surface area contributed by atoms with E-state index in [-0.39, 0.29) is 40.5 Å². The first-order valence-electron chi connectivity index (χ1n) is 14.2. The highest BCUT2D eigenvalue weighted by Crippen LogP contribution is 2.72. The van der Waals surface area contributed by atoms with Crippen LogP contribution in [-0.4, -0.2) is 40.3 Å². The lowest BCUT2D eigenvalue weighted by Gasteiger charge is -2.59. The van der Waals surface area contributed by atoms with E-state index in [0.29, 0.717) is 23.7 Å². The van der Waals surface area contributed by atoms with Crippen molar-refractivity contribution in [1.29, 1.82) is 0 Å². The molecule has 6 aliphatic rings. The molecule has 35 heavy (non-hydrogen) atoms. The smallest absolute Gasteiger partial charge is 0.302 e. The minimum absolute atomic E-state index is 0.0424. The number of aliphatic hydroxyl groups is 1. The van der Waals surface area contributed by atoms with Gasteiger partial charge in [-0.05, 0) is 93.8 Å². The molecule has 4 aliphatic carbocycles. The van der Waals surface area contributed by atoms with Crippen LogP contribution in [0.4, 0.5) is 0 Å². The molecule has 0 aromatic rings. The summed E-state index contributed by atoms with van der Waals surface area (Å²) >= 11 is 0. The Kier molecular flexibility index (Phi) is 5.13. The summed E-state index contributed by atoms with van der Waals surface area (Å²) in [6.45, 7) is 15.0. The van der Waals surface area contributed by atoms with Crippen LogP contribution in [0.2, 0.25) is 0 Å². The molecule has 11 atom stereocenters. The first kappa shape index (κ1) is 24.4. The molecule has 3 saturated carbocycles. The number of carbonyl (C=O) groups is 1. The van der Waals surface area contributed by atoms with E-state index in [1.54, 1.807) is 0 Å². The van der Waals surface area contributed by atoms with Gasteiger partial charge in [-0.2, -0.15) is 0 Å². The Morgan fingerprint density at radius 2 is 1.86 bits per heavy atom. The van der Waals surface area contributed by atoms with Crippen molar-refractivity contribution in [2.75, 3.05) is 0 Å². The highest BCUT2D eigenvalue weighted by atomic mass is 16.7. The van der Waals surface area contributed by atoms with Gasteiger partial charge in [0.15, 0.2) is 5.79 Å². The van der Waals surface area contributed by atoms with E-state index >= 15 is 0 Å². The maximum Gasteiger partial charge on any atom is 0.302 e. The Bertz CT molecular complexity index is 952. The van der Waals surface area contributed by atoms with Gasteiger partial charge in [-0.15, -0.1) is 0 Å². The molecular weight excluding hydrogens is 440 g/mol. The van der Waals surface area contributed by atoms with Crippen LogP contribution in [0.15, 0.2) is 11.6 Å². The second kappa shape index (κ2) is 7.35. The Morgan fingerprint density at radius 3 is 2.51 bits per heavy atom. The van der Waals surface area contributed by atoms with E-state index in [2.05, 4.69) is 40.7 Å². The average molecular weight is 487 g/mol. The molecule has 5 fully saturated rings. The van der Waals surface area contributed by atoms with Gasteiger partial charge in [0.1, 0.15) is 11.7 Å². The summed E-state index contributed by atoms with van der Waals surface area (Å²) in [7, 11) is 0. The summed E-state index contributed by atoms with van der Waals surface area (Å²) in [4.78, 5) is 11.6. The van der Waals surface area contributed by atoms with Crippen molar-refractivity contribution in [2.24, 2.45) is 40.4 Å². The number of hydrogen-bond donors (Lipinski definition) is 1. The summed E-state index contributed by atoms with van der Waals surface area (Å²) in [5, 5.41) is 12.2. The zero-order valence-electron chi connectivity index (χ0n) is 22.9. The lowest BCUT2D eigenvalue weighted by molar-refractivity contribution is -0.298. The Labute approximate surface area is 211 Å². The van der Waals surface area contributed by atoms with Gasteiger partial charge in [0.2, 0.25) is 0 Å². The molecule has 1 spiro atoms. The van der Waals surface area contributed by atoms with Gasteiger partial charge in [-0.3, -0.25) is 4.79 Å². The zero-order valence-corrected chi connectivity index (χ0v) is 22.9. The van der Waals surface area contributed by atoms with E-state index in [1.807, 2.05) is 6.92 Å². The fraction of sp³-hybridized carbons (Fsp3) is 0.900. The molecule has 0 bridgehead atoms. The zero-order chi connectivity index (χ0) is 25.2. The molecule has 2 saturated heterocycles. The third-order valence-corrected chi connectivity index (χ3v) is 12.3. The molecule has 0 amide bonds. The third kappa shape index (κ3) is 3.13.